The van der Waals surface area contributed by atoms with Crippen LogP contribution in [0.3, 0.4) is 0 Å². The summed E-state index contributed by atoms with van der Waals surface area (Å²) in [6, 6.07) is 2.09. The predicted molar refractivity (Wildman–Crippen MR) is 79.4 cm³/mol. The Morgan fingerprint density at radius 1 is 1.37 bits per heavy atom. The number of nitrogens with zero attached hydrogens (tertiary/aromatic N) is 2. The Morgan fingerprint density at radius 2 is 2.16 bits per heavy atom. The number of rotatable bonds is 3. The van der Waals surface area contributed by atoms with E-state index in [1.165, 1.54) is 11.8 Å². The molecule has 0 bridgehead atoms. The van der Waals surface area contributed by atoms with E-state index in [0.29, 0.717) is 19.0 Å². The molecule has 0 spiro atoms. The third kappa shape index (κ3) is 4.54. The van der Waals surface area contributed by atoms with E-state index in [9.17, 15) is 8.42 Å². The Hall–Kier alpha value is -0.460. The van der Waals surface area contributed by atoms with Gasteiger partial charge in [0.1, 0.15) is 0 Å². The highest BCUT2D eigenvalue weighted by Gasteiger charge is 2.22. The second-order valence-electron chi connectivity index (χ2n) is 5.17. The van der Waals surface area contributed by atoms with E-state index >= 15 is 0 Å². The summed E-state index contributed by atoms with van der Waals surface area (Å²) in [5, 5.41) is 0. The van der Waals surface area contributed by atoms with E-state index in [2.05, 4.69) is 27.0 Å². The van der Waals surface area contributed by atoms with Crippen molar-refractivity contribution in [2.45, 2.75) is 25.7 Å². The molecule has 106 valence electrons. The van der Waals surface area contributed by atoms with Crippen molar-refractivity contribution in [3.05, 3.63) is 28.5 Å². The Morgan fingerprint density at radius 3 is 2.84 bits per heavy atom. The summed E-state index contributed by atoms with van der Waals surface area (Å²) in [6.07, 6.45) is 8.90. The Bertz CT molecular complexity index is 533. The van der Waals surface area contributed by atoms with Crippen LogP contribution < -0.4 is 0 Å². The second-order valence-corrected chi connectivity index (χ2v) is 8.07. The number of halogens is 1. The molecule has 0 aromatic carbocycles. The summed E-state index contributed by atoms with van der Waals surface area (Å²) >= 11 is 3.43. The molecule has 1 aliphatic rings. The van der Waals surface area contributed by atoms with Gasteiger partial charge in [0.05, 0.1) is 6.26 Å². The highest BCUT2D eigenvalue weighted by molar-refractivity contribution is 9.10. The quantitative estimate of drug-likeness (QED) is 0.844. The highest BCUT2D eigenvalue weighted by Crippen LogP contribution is 2.23. The summed E-state index contributed by atoms with van der Waals surface area (Å²) in [5.41, 5.74) is 1.21. The van der Waals surface area contributed by atoms with Crippen LogP contribution in [0.5, 0.6) is 0 Å². The van der Waals surface area contributed by atoms with Gasteiger partial charge in [-0.15, -0.1) is 0 Å². The van der Waals surface area contributed by atoms with Gasteiger partial charge >= 0.3 is 0 Å². The number of hydrogen-bond donors (Lipinski definition) is 0. The molecule has 0 unspecified atom stereocenters. The van der Waals surface area contributed by atoms with Crippen molar-refractivity contribution in [1.82, 2.24) is 9.29 Å². The fourth-order valence-corrected chi connectivity index (χ4v) is 3.89. The van der Waals surface area contributed by atoms with Crippen LogP contribution in [-0.4, -0.2) is 37.1 Å². The average molecular weight is 347 g/mol. The molecular weight excluding hydrogens is 328 g/mol. The molecule has 2 rings (SSSR count). The van der Waals surface area contributed by atoms with Crippen molar-refractivity contribution in [2.24, 2.45) is 5.92 Å². The van der Waals surface area contributed by atoms with Crippen LogP contribution in [0.2, 0.25) is 0 Å². The molecule has 1 aliphatic heterocycles. The molecule has 19 heavy (non-hydrogen) atoms. The summed E-state index contributed by atoms with van der Waals surface area (Å²) < 4.78 is 25.7. The summed E-state index contributed by atoms with van der Waals surface area (Å²) in [4.78, 5) is 4.17. The highest BCUT2D eigenvalue weighted by atomic mass is 79.9. The molecule has 0 aliphatic carbocycles. The van der Waals surface area contributed by atoms with Gasteiger partial charge in [-0.25, -0.2) is 12.7 Å². The van der Waals surface area contributed by atoms with Gasteiger partial charge in [-0.3, -0.25) is 4.98 Å². The lowest BCUT2D eigenvalue weighted by Crippen LogP contribution is -2.30. The molecule has 6 heteroatoms. The van der Waals surface area contributed by atoms with Gasteiger partial charge in [-0.2, -0.15) is 0 Å². The summed E-state index contributed by atoms with van der Waals surface area (Å²) in [7, 11) is -3.04. The number of aromatic nitrogens is 1. The molecule has 0 N–H and O–H groups in total. The lowest BCUT2D eigenvalue weighted by molar-refractivity contribution is 0.413. The van der Waals surface area contributed by atoms with Crippen molar-refractivity contribution >= 4 is 26.0 Å². The zero-order valence-electron chi connectivity index (χ0n) is 11.0. The first kappa shape index (κ1) is 14.9. The molecule has 1 aromatic rings. The van der Waals surface area contributed by atoms with Gasteiger partial charge in [-0.05, 0) is 59.2 Å². The topological polar surface area (TPSA) is 50.3 Å². The zero-order valence-corrected chi connectivity index (χ0v) is 13.5. The van der Waals surface area contributed by atoms with Gasteiger partial charge in [0.2, 0.25) is 10.0 Å². The minimum absolute atomic E-state index is 0.544. The SMILES string of the molecule is CS(=O)(=O)N1CCC[C@@H](Cc2cncc(Br)c2)CC1. The van der Waals surface area contributed by atoms with Gasteiger partial charge in [-0.1, -0.05) is 0 Å². The van der Waals surface area contributed by atoms with Crippen LogP contribution in [0.25, 0.3) is 0 Å². The minimum Gasteiger partial charge on any atom is -0.263 e. The van der Waals surface area contributed by atoms with Crippen molar-refractivity contribution in [1.29, 1.82) is 0 Å². The van der Waals surface area contributed by atoms with Gasteiger partial charge in [0.25, 0.3) is 0 Å². The van der Waals surface area contributed by atoms with E-state index in [-0.39, 0.29) is 0 Å². The van der Waals surface area contributed by atoms with Crippen molar-refractivity contribution in [3.63, 3.8) is 0 Å². The number of pyridine rings is 1. The predicted octanol–water partition coefficient (Wildman–Crippen LogP) is 2.45. The van der Waals surface area contributed by atoms with Crippen LogP contribution >= 0.6 is 15.9 Å². The molecule has 0 radical (unpaired) electrons. The first-order valence-electron chi connectivity index (χ1n) is 6.49. The largest absolute Gasteiger partial charge is 0.263 e. The molecule has 1 atom stereocenters. The van der Waals surface area contributed by atoms with E-state index in [1.54, 1.807) is 10.5 Å². The molecule has 4 nitrogen and oxygen atoms in total. The maximum atomic E-state index is 11.6. The number of hydrogen-bond acceptors (Lipinski definition) is 3. The fourth-order valence-electron chi connectivity index (χ4n) is 2.58. The van der Waals surface area contributed by atoms with Crippen molar-refractivity contribution in [2.75, 3.05) is 19.3 Å². The molecule has 0 saturated carbocycles. The van der Waals surface area contributed by atoms with E-state index in [0.717, 1.165) is 30.2 Å². The Labute approximate surface area is 123 Å². The smallest absolute Gasteiger partial charge is 0.211 e. The fraction of sp³-hybridized carbons (Fsp3) is 0.615. The summed E-state index contributed by atoms with van der Waals surface area (Å²) in [6.45, 7) is 1.30. The molecule has 1 saturated heterocycles. The molecule has 1 aromatic heterocycles. The van der Waals surface area contributed by atoms with Gasteiger partial charge in [0, 0.05) is 30.0 Å². The van der Waals surface area contributed by atoms with Crippen molar-refractivity contribution in [3.8, 4) is 0 Å². The Balaban J connectivity index is 1.96. The zero-order chi connectivity index (χ0) is 13.9. The second kappa shape index (κ2) is 6.33. The molecule has 0 amide bonds. The van der Waals surface area contributed by atoms with Crippen LogP contribution in [0, 0.1) is 5.92 Å². The lowest BCUT2D eigenvalue weighted by atomic mass is 9.93. The van der Waals surface area contributed by atoms with E-state index in [1.807, 2.05) is 6.20 Å². The summed E-state index contributed by atoms with van der Waals surface area (Å²) in [5.74, 6) is 0.544. The lowest BCUT2D eigenvalue weighted by Gasteiger charge is -2.17. The maximum Gasteiger partial charge on any atom is 0.211 e. The van der Waals surface area contributed by atoms with Crippen LogP contribution in [0.1, 0.15) is 24.8 Å². The third-order valence-corrected chi connectivity index (χ3v) is 5.30. The van der Waals surface area contributed by atoms with Gasteiger partial charge in [0.15, 0.2) is 0 Å². The molecule has 1 fully saturated rings. The van der Waals surface area contributed by atoms with Crippen LogP contribution in [-0.2, 0) is 16.4 Å². The monoisotopic (exact) mass is 346 g/mol. The molecule has 2 heterocycles. The third-order valence-electron chi connectivity index (χ3n) is 3.56. The maximum absolute atomic E-state index is 11.6. The minimum atomic E-state index is -3.04. The Kier molecular flexibility index (Phi) is 4.97. The first-order chi connectivity index (χ1) is 8.95. The normalized spacial score (nSPS) is 22.1. The van der Waals surface area contributed by atoms with E-state index in [4.69, 9.17) is 0 Å². The van der Waals surface area contributed by atoms with Crippen LogP contribution in [0.15, 0.2) is 22.9 Å². The van der Waals surface area contributed by atoms with Crippen molar-refractivity contribution < 1.29 is 8.42 Å². The van der Waals surface area contributed by atoms with E-state index < -0.39 is 10.0 Å². The number of sulfonamides is 1. The van der Waals surface area contributed by atoms with Crippen LogP contribution in [0.4, 0.5) is 0 Å². The average Bonchev–Trinajstić information content (AvgIpc) is 2.54. The standard InChI is InChI=1S/C13H19BrN2O2S/c1-19(17,18)16-5-2-3-11(4-6-16)7-12-8-13(14)10-15-9-12/h8-11H,2-7H2,1H3/t11-/m1/s1. The van der Waals surface area contributed by atoms with Gasteiger partial charge < -0.3 is 0 Å². The first-order valence-corrected chi connectivity index (χ1v) is 9.14. The molecular formula is C13H19BrN2O2S.